The molecule has 0 spiro atoms. The van der Waals surface area contributed by atoms with Crippen LogP contribution in [0.4, 0.5) is 0 Å². The fourth-order valence-corrected chi connectivity index (χ4v) is 1.80. The molecule has 18 heavy (non-hydrogen) atoms. The van der Waals surface area contributed by atoms with Gasteiger partial charge in [-0.05, 0) is 60.4 Å². The summed E-state index contributed by atoms with van der Waals surface area (Å²) in [5.74, 6) is 0.478. The van der Waals surface area contributed by atoms with Crippen LogP contribution < -0.4 is 0 Å². The van der Waals surface area contributed by atoms with E-state index in [0.717, 1.165) is 22.3 Å². The first-order chi connectivity index (χ1) is 8.58. The Morgan fingerprint density at radius 1 is 0.667 bits per heavy atom. The Morgan fingerprint density at radius 2 is 1.00 bits per heavy atom. The number of rotatable bonds is 1. The second-order valence-corrected chi connectivity index (χ2v) is 4.00. The van der Waals surface area contributed by atoms with Gasteiger partial charge in [0, 0.05) is 0 Å². The van der Waals surface area contributed by atoms with Gasteiger partial charge in [-0.3, -0.25) is 0 Å². The molecule has 2 nitrogen and oxygen atoms in total. The summed E-state index contributed by atoms with van der Waals surface area (Å²) in [5, 5.41) is 19.0. The average Bonchev–Trinajstić information content (AvgIpc) is 2.38. The van der Waals surface area contributed by atoms with E-state index in [9.17, 15) is 10.2 Å². The molecule has 0 radical (unpaired) electrons. The normalized spacial score (nSPS) is 9.56. The van der Waals surface area contributed by atoms with Crippen LogP contribution in [0.3, 0.4) is 0 Å². The fraction of sp³-hybridized carbons (Fsp3) is 0.250. The van der Waals surface area contributed by atoms with E-state index in [2.05, 4.69) is 0 Å². The van der Waals surface area contributed by atoms with Gasteiger partial charge in [-0.25, -0.2) is 0 Å². The molecule has 2 aromatic rings. The first-order valence-electron chi connectivity index (χ1n) is 6.17. The summed E-state index contributed by atoms with van der Waals surface area (Å²) < 4.78 is 0. The first-order valence-corrected chi connectivity index (χ1v) is 6.17. The molecule has 0 unspecified atom stereocenters. The number of hydrogen-bond donors (Lipinski definition) is 2. The van der Waals surface area contributed by atoms with E-state index < -0.39 is 0 Å². The molecule has 2 heteroatoms. The lowest BCUT2D eigenvalue weighted by molar-refractivity contribution is 0.474. The number of benzene rings is 2. The third kappa shape index (κ3) is 3.04. The molecule has 0 aliphatic carbocycles. The van der Waals surface area contributed by atoms with Gasteiger partial charge in [0.15, 0.2) is 0 Å². The van der Waals surface area contributed by atoms with Crippen LogP contribution in [-0.2, 0) is 0 Å². The molecule has 0 saturated carbocycles. The summed E-state index contributed by atoms with van der Waals surface area (Å²) in [6.45, 7) is 7.97. The number of phenolic OH excluding ortho intramolecular Hbond substituents is 2. The van der Waals surface area contributed by atoms with Crippen LogP contribution in [-0.4, -0.2) is 10.2 Å². The molecule has 0 heterocycles. The molecular formula is C16H20O2. The van der Waals surface area contributed by atoms with E-state index in [1.807, 2.05) is 39.8 Å². The van der Waals surface area contributed by atoms with Gasteiger partial charge in [0.25, 0.3) is 0 Å². The molecule has 0 saturated heterocycles. The van der Waals surface area contributed by atoms with Crippen molar-refractivity contribution in [3.8, 4) is 22.6 Å². The van der Waals surface area contributed by atoms with Gasteiger partial charge < -0.3 is 10.2 Å². The van der Waals surface area contributed by atoms with Gasteiger partial charge in [0.2, 0.25) is 0 Å². The molecule has 0 fully saturated rings. The minimum atomic E-state index is 0.239. The van der Waals surface area contributed by atoms with E-state index in [-0.39, 0.29) is 11.5 Å². The van der Waals surface area contributed by atoms with Crippen LogP contribution in [0.25, 0.3) is 11.1 Å². The largest absolute Gasteiger partial charge is 0.508 e. The third-order valence-electron chi connectivity index (χ3n) is 2.73. The summed E-state index contributed by atoms with van der Waals surface area (Å²) in [5.41, 5.74) is 4.06. The van der Waals surface area contributed by atoms with E-state index in [1.165, 1.54) is 0 Å². The molecule has 0 aliphatic rings. The Labute approximate surface area is 109 Å². The quantitative estimate of drug-likeness (QED) is 0.780. The van der Waals surface area contributed by atoms with Crippen LogP contribution in [0.2, 0.25) is 0 Å². The summed E-state index contributed by atoms with van der Waals surface area (Å²) in [6, 6.07) is 10.5. The van der Waals surface area contributed by atoms with Crippen molar-refractivity contribution in [3.05, 3.63) is 47.5 Å². The van der Waals surface area contributed by atoms with Crippen molar-refractivity contribution in [2.45, 2.75) is 27.7 Å². The van der Waals surface area contributed by atoms with E-state index in [1.54, 1.807) is 24.3 Å². The Bertz CT molecular complexity index is 481. The monoisotopic (exact) mass is 244 g/mol. The summed E-state index contributed by atoms with van der Waals surface area (Å²) in [6.07, 6.45) is 0. The van der Waals surface area contributed by atoms with Crippen LogP contribution in [0, 0.1) is 13.8 Å². The lowest BCUT2D eigenvalue weighted by Gasteiger charge is -2.10. The second-order valence-electron chi connectivity index (χ2n) is 4.00. The van der Waals surface area contributed by atoms with Crippen LogP contribution in [0.15, 0.2) is 36.4 Å². The highest BCUT2D eigenvalue weighted by Crippen LogP contribution is 2.31. The Hall–Kier alpha value is -1.96. The Morgan fingerprint density at radius 3 is 1.33 bits per heavy atom. The molecule has 0 atom stereocenters. The topological polar surface area (TPSA) is 40.5 Å². The summed E-state index contributed by atoms with van der Waals surface area (Å²) in [4.78, 5) is 0. The minimum absolute atomic E-state index is 0.239. The SMILES string of the molecule is CC.Cc1ccc(O)cc1-c1cc(O)ccc1C. The van der Waals surface area contributed by atoms with Crippen molar-refractivity contribution in [2.24, 2.45) is 0 Å². The second kappa shape index (κ2) is 6.10. The number of hydrogen-bond acceptors (Lipinski definition) is 2. The fourth-order valence-electron chi connectivity index (χ4n) is 1.80. The number of aromatic hydroxyl groups is 2. The lowest BCUT2D eigenvalue weighted by Crippen LogP contribution is -1.86. The van der Waals surface area contributed by atoms with Gasteiger partial charge in [0.1, 0.15) is 11.5 Å². The molecule has 96 valence electrons. The molecule has 2 rings (SSSR count). The Kier molecular flexibility index (Phi) is 4.78. The number of aryl methyl sites for hydroxylation is 2. The average molecular weight is 244 g/mol. The predicted octanol–water partition coefficient (Wildman–Crippen LogP) is 4.41. The maximum absolute atomic E-state index is 9.50. The predicted molar refractivity (Wildman–Crippen MR) is 76.0 cm³/mol. The van der Waals surface area contributed by atoms with Gasteiger partial charge >= 0.3 is 0 Å². The van der Waals surface area contributed by atoms with Crippen LogP contribution in [0.5, 0.6) is 11.5 Å². The number of phenols is 2. The zero-order chi connectivity index (χ0) is 13.7. The third-order valence-corrected chi connectivity index (χ3v) is 2.73. The summed E-state index contributed by atoms with van der Waals surface area (Å²) in [7, 11) is 0. The van der Waals surface area contributed by atoms with E-state index in [4.69, 9.17) is 0 Å². The molecular weight excluding hydrogens is 224 g/mol. The van der Waals surface area contributed by atoms with Gasteiger partial charge in [-0.1, -0.05) is 26.0 Å². The highest BCUT2D eigenvalue weighted by Gasteiger charge is 2.07. The minimum Gasteiger partial charge on any atom is -0.508 e. The van der Waals surface area contributed by atoms with Crippen molar-refractivity contribution in [2.75, 3.05) is 0 Å². The van der Waals surface area contributed by atoms with Crippen molar-refractivity contribution in [3.63, 3.8) is 0 Å². The van der Waals surface area contributed by atoms with Crippen molar-refractivity contribution in [1.29, 1.82) is 0 Å². The van der Waals surface area contributed by atoms with Crippen molar-refractivity contribution in [1.82, 2.24) is 0 Å². The highest BCUT2D eigenvalue weighted by molar-refractivity contribution is 5.72. The molecule has 0 amide bonds. The van der Waals surface area contributed by atoms with E-state index >= 15 is 0 Å². The molecule has 2 aromatic carbocycles. The van der Waals surface area contributed by atoms with Gasteiger partial charge in [-0.2, -0.15) is 0 Å². The van der Waals surface area contributed by atoms with Gasteiger partial charge in [-0.15, -0.1) is 0 Å². The zero-order valence-corrected chi connectivity index (χ0v) is 11.4. The molecule has 0 aromatic heterocycles. The smallest absolute Gasteiger partial charge is 0.116 e. The van der Waals surface area contributed by atoms with Crippen LogP contribution in [0.1, 0.15) is 25.0 Å². The molecule has 0 aliphatic heterocycles. The van der Waals surface area contributed by atoms with Crippen molar-refractivity contribution >= 4 is 0 Å². The van der Waals surface area contributed by atoms with Crippen LogP contribution >= 0.6 is 0 Å². The summed E-state index contributed by atoms with van der Waals surface area (Å²) >= 11 is 0. The van der Waals surface area contributed by atoms with Gasteiger partial charge in [0.05, 0.1) is 0 Å². The molecule has 2 N–H and O–H groups in total. The molecule has 0 bridgehead atoms. The zero-order valence-electron chi connectivity index (χ0n) is 11.4. The standard InChI is InChI=1S/C14H14O2.C2H6/c1-9-3-5-11(15)7-13(9)14-8-12(16)6-4-10(14)2;1-2/h3-8,15-16H,1-2H3;1-2H3. The first kappa shape index (κ1) is 14.1. The highest BCUT2D eigenvalue weighted by atomic mass is 16.3. The Balaban J connectivity index is 0.000000771. The van der Waals surface area contributed by atoms with E-state index in [0.29, 0.717) is 0 Å². The maximum atomic E-state index is 9.50. The van der Waals surface area contributed by atoms with Crippen molar-refractivity contribution < 1.29 is 10.2 Å². The maximum Gasteiger partial charge on any atom is 0.116 e. The lowest BCUT2D eigenvalue weighted by atomic mass is 9.96.